The van der Waals surface area contributed by atoms with Gasteiger partial charge in [-0.2, -0.15) is 0 Å². The van der Waals surface area contributed by atoms with Crippen LogP contribution >= 0.6 is 0 Å². The van der Waals surface area contributed by atoms with E-state index in [2.05, 4.69) is 5.32 Å². The maximum absolute atomic E-state index is 9.44. The summed E-state index contributed by atoms with van der Waals surface area (Å²) in [5.74, 6) is 0.836. The van der Waals surface area contributed by atoms with Crippen LogP contribution in [0.1, 0.15) is 20.3 Å². The summed E-state index contributed by atoms with van der Waals surface area (Å²) < 4.78 is 5.46. The zero-order valence-corrected chi connectivity index (χ0v) is 9.36. The second kappa shape index (κ2) is 6.30. The van der Waals surface area contributed by atoms with E-state index < -0.39 is 0 Å². The van der Waals surface area contributed by atoms with E-state index >= 15 is 0 Å². The fourth-order valence-corrected chi connectivity index (χ4v) is 1.27. The molecule has 0 amide bonds. The standard InChI is InChI=1S/C12H19NO2/c1-3-10(14)9-13-11-7-5-6-8-12(11)15-4-2/h5-8,10,13-14H,3-4,9H2,1-2H3. The fourth-order valence-electron chi connectivity index (χ4n) is 1.27. The van der Waals surface area contributed by atoms with Crippen molar-refractivity contribution in [3.8, 4) is 5.75 Å². The largest absolute Gasteiger partial charge is 0.492 e. The molecule has 15 heavy (non-hydrogen) atoms. The molecule has 0 aliphatic rings. The molecular formula is C12H19NO2. The molecule has 0 aliphatic carbocycles. The number of benzene rings is 1. The minimum absolute atomic E-state index is 0.306. The second-order valence-electron chi connectivity index (χ2n) is 3.37. The van der Waals surface area contributed by atoms with Gasteiger partial charge in [0.25, 0.3) is 0 Å². The lowest BCUT2D eigenvalue weighted by Gasteiger charge is -2.14. The van der Waals surface area contributed by atoms with Gasteiger partial charge in [-0.05, 0) is 25.5 Å². The van der Waals surface area contributed by atoms with E-state index in [1.54, 1.807) is 0 Å². The van der Waals surface area contributed by atoms with Crippen LogP contribution in [0.5, 0.6) is 5.75 Å². The number of hydrogen-bond donors (Lipinski definition) is 2. The van der Waals surface area contributed by atoms with Crippen LogP contribution < -0.4 is 10.1 Å². The molecule has 2 N–H and O–H groups in total. The van der Waals surface area contributed by atoms with Crippen LogP contribution in [0, 0.1) is 0 Å². The molecular weight excluding hydrogens is 190 g/mol. The Morgan fingerprint density at radius 2 is 2.07 bits per heavy atom. The maximum Gasteiger partial charge on any atom is 0.142 e. The van der Waals surface area contributed by atoms with E-state index in [1.165, 1.54) is 0 Å². The molecule has 1 rings (SSSR count). The van der Waals surface area contributed by atoms with Crippen LogP contribution in [-0.2, 0) is 0 Å². The Morgan fingerprint density at radius 3 is 2.73 bits per heavy atom. The van der Waals surface area contributed by atoms with Crippen molar-refractivity contribution in [3.05, 3.63) is 24.3 Å². The Hall–Kier alpha value is -1.22. The lowest BCUT2D eigenvalue weighted by Crippen LogP contribution is -2.18. The van der Waals surface area contributed by atoms with Crippen LogP contribution in [0.4, 0.5) is 5.69 Å². The van der Waals surface area contributed by atoms with Crippen LogP contribution in [0.25, 0.3) is 0 Å². The predicted molar refractivity (Wildman–Crippen MR) is 62.4 cm³/mol. The number of anilines is 1. The highest BCUT2D eigenvalue weighted by Crippen LogP contribution is 2.23. The van der Waals surface area contributed by atoms with Gasteiger partial charge in [0.2, 0.25) is 0 Å². The Labute approximate surface area is 91.1 Å². The van der Waals surface area contributed by atoms with Gasteiger partial charge in [0.1, 0.15) is 5.75 Å². The highest BCUT2D eigenvalue weighted by atomic mass is 16.5. The highest BCUT2D eigenvalue weighted by molar-refractivity contribution is 5.56. The summed E-state index contributed by atoms with van der Waals surface area (Å²) in [4.78, 5) is 0. The summed E-state index contributed by atoms with van der Waals surface area (Å²) in [7, 11) is 0. The first-order chi connectivity index (χ1) is 7.27. The normalized spacial score (nSPS) is 12.2. The smallest absolute Gasteiger partial charge is 0.142 e. The van der Waals surface area contributed by atoms with Crippen LogP contribution in [-0.4, -0.2) is 24.4 Å². The number of aliphatic hydroxyl groups excluding tert-OH is 1. The van der Waals surface area contributed by atoms with Gasteiger partial charge in [-0.1, -0.05) is 19.1 Å². The zero-order valence-electron chi connectivity index (χ0n) is 9.36. The first kappa shape index (κ1) is 11.9. The predicted octanol–water partition coefficient (Wildman–Crippen LogP) is 2.27. The Kier molecular flexibility index (Phi) is 4.98. The average molecular weight is 209 g/mol. The number of ether oxygens (including phenoxy) is 1. The van der Waals surface area contributed by atoms with Crippen LogP contribution in [0.3, 0.4) is 0 Å². The van der Waals surface area contributed by atoms with Crippen molar-refractivity contribution in [2.75, 3.05) is 18.5 Å². The third kappa shape index (κ3) is 3.80. The van der Waals surface area contributed by atoms with Crippen molar-refractivity contribution < 1.29 is 9.84 Å². The molecule has 3 nitrogen and oxygen atoms in total. The quantitative estimate of drug-likeness (QED) is 0.755. The van der Waals surface area contributed by atoms with Crippen molar-refractivity contribution >= 4 is 5.69 Å². The minimum Gasteiger partial charge on any atom is -0.492 e. The van der Waals surface area contributed by atoms with E-state index in [1.807, 2.05) is 38.1 Å². The van der Waals surface area contributed by atoms with Crippen molar-refractivity contribution in [1.29, 1.82) is 0 Å². The number of hydrogen-bond acceptors (Lipinski definition) is 3. The summed E-state index contributed by atoms with van der Waals surface area (Å²) >= 11 is 0. The van der Waals surface area contributed by atoms with E-state index in [0.29, 0.717) is 13.2 Å². The van der Waals surface area contributed by atoms with Crippen molar-refractivity contribution in [2.24, 2.45) is 0 Å². The Morgan fingerprint density at radius 1 is 1.33 bits per heavy atom. The number of para-hydroxylation sites is 2. The highest BCUT2D eigenvalue weighted by Gasteiger charge is 2.04. The molecule has 0 spiro atoms. The maximum atomic E-state index is 9.44. The molecule has 1 atom stereocenters. The topological polar surface area (TPSA) is 41.5 Å². The van der Waals surface area contributed by atoms with E-state index in [-0.39, 0.29) is 6.10 Å². The first-order valence-electron chi connectivity index (χ1n) is 5.41. The average Bonchev–Trinajstić information content (AvgIpc) is 2.28. The fraction of sp³-hybridized carbons (Fsp3) is 0.500. The van der Waals surface area contributed by atoms with Gasteiger partial charge in [-0.15, -0.1) is 0 Å². The molecule has 0 bridgehead atoms. The van der Waals surface area contributed by atoms with Gasteiger partial charge in [0.05, 0.1) is 18.4 Å². The van der Waals surface area contributed by atoms with Gasteiger partial charge < -0.3 is 15.2 Å². The molecule has 0 heterocycles. The number of rotatable bonds is 6. The van der Waals surface area contributed by atoms with Crippen molar-refractivity contribution in [1.82, 2.24) is 0 Å². The molecule has 0 saturated heterocycles. The van der Waals surface area contributed by atoms with Crippen molar-refractivity contribution in [3.63, 3.8) is 0 Å². The van der Waals surface area contributed by atoms with Gasteiger partial charge in [0, 0.05) is 6.54 Å². The molecule has 1 aromatic rings. The summed E-state index contributed by atoms with van der Waals surface area (Å²) in [6.45, 7) is 5.12. The third-order valence-electron chi connectivity index (χ3n) is 2.19. The van der Waals surface area contributed by atoms with Gasteiger partial charge in [-0.25, -0.2) is 0 Å². The van der Waals surface area contributed by atoms with Crippen LogP contribution in [0.15, 0.2) is 24.3 Å². The van der Waals surface area contributed by atoms with E-state index in [4.69, 9.17) is 4.74 Å². The molecule has 0 saturated carbocycles. The zero-order chi connectivity index (χ0) is 11.1. The number of nitrogens with one attached hydrogen (secondary N) is 1. The monoisotopic (exact) mass is 209 g/mol. The number of aliphatic hydroxyl groups is 1. The third-order valence-corrected chi connectivity index (χ3v) is 2.19. The lowest BCUT2D eigenvalue weighted by atomic mass is 10.2. The molecule has 0 radical (unpaired) electrons. The molecule has 0 aliphatic heterocycles. The Bertz CT molecular complexity index is 289. The SMILES string of the molecule is CCOc1ccccc1NCC(O)CC. The summed E-state index contributed by atoms with van der Waals surface area (Å²) in [5.41, 5.74) is 0.937. The molecule has 3 heteroatoms. The van der Waals surface area contributed by atoms with Gasteiger partial charge >= 0.3 is 0 Å². The second-order valence-corrected chi connectivity index (χ2v) is 3.37. The van der Waals surface area contributed by atoms with E-state index in [0.717, 1.165) is 17.9 Å². The Balaban J connectivity index is 2.58. The lowest BCUT2D eigenvalue weighted by molar-refractivity contribution is 0.183. The molecule has 0 fully saturated rings. The molecule has 84 valence electrons. The van der Waals surface area contributed by atoms with E-state index in [9.17, 15) is 5.11 Å². The molecule has 1 unspecified atom stereocenters. The van der Waals surface area contributed by atoms with Gasteiger partial charge in [-0.3, -0.25) is 0 Å². The summed E-state index contributed by atoms with van der Waals surface area (Å²) in [6.07, 6.45) is 0.448. The summed E-state index contributed by atoms with van der Waals surface area (Å²) in [5, 5.41) is 12.6. The minimum atomic E-state index is -0.306. The molecule has 1 aromatic carbocycles. The molecule has 0 aromatic heterocycles. The summed E-state index contributed by atoms with van der Waals surface area (Å²) in [6, 6.07) is 7.76. The van der Waals surface area contributed by atoms with Crippen molar-refractivity contribution in [2.45, 2.75) is 26.4 Å². The van der Waals surface area contributed by atoms with Gasteiger partial charge in [0.15, 0.2) is 0 Å². The van der Waals surface area contributed by atoms with Crippen LogP contribution in [0.2, 0.25) is 0 Å². The first-order valence-corrected chi connectivity index (χ1v) is 5.41.